The molecule has 1 aromatic rings. The third-order valence-corrected chi connectivity index (χ3v) is 3.46. The second kappa shape index (κ2) is 7.60. The van der Waals surface area contributed by atoms with Crippen molar-refractivity contribution in [2.75, 3.05) is 13.1 Å². The zero-order valence-corrected chi connectivity index (χ0v) is 12.7. The predicted molar refractivity (Wildman–Crippen MR) is 81.1 cm³/mol. The summed E-state index contributed by atoms with van der Waals surface area (Å²) in [6.07, 6.45) is 1.91. The Bertz CT molecular complexity index is 459. The molecule has 1 fully saturated rings. The van der Waals surface area contributed by atoms with E-state index in [2.05, 4.69) is 10.6 Å². The van der Waals surface area contributed by atoms with Crippen LogP contribution in [0.4, 0.5) is 4.39 Å². The Morgan fingerprint density at radius 3 is 2.55 bits per heavy atom. The third-order valence-electron chi connectivity index (χ3n) is 3.46. The van der Waals surface area contributed by atoms with Crippen molar-refractivity contribution in [2.45, 2.75) is 38.6 Å². The fourth-order valence-electron chi connectivity index (χ4n) is 2.48. The van der Waals surface area contributed by atoms with Crippen molar-refractivity contribution >= 4 is 18.3 Å². The number of hydrogen-bond acceptors (Lipinski definition) is 2. The quantitative estimate of drug-likeness (QED) is 0.901. The van der Waals surface area contributed by atoms with Crippen LogP contribution in [0, 0.1) is 5.82 Å². The van der Waals surface area contributed by atoms with E-state index in [-0.39, 0.29) is 36.1 Å². The van der Waals surface area contributed by atoms with Gasteiger partial charge < -0.3 is 10.6 Å². The zero-order valence-electron chi connectivity index (χ0n) is 11.9. The minimum atomic E-state index is -0.261. The van der Waals surface area contributed by atoms with Gasteiger partial charge in [-0.3, -0.25) is 4.79 Å². The number of hydrogen-bond donors (Lipinski definition) is 2. The SMILES string of the molecule is CC(C)NC(=O)c1ccc(C2CCNCC2)c(F)c1.Cl. The van der Waals surface area contributed by atoms with E-state index in [9.17, 15) is 9.18 Å². The summed E-state index contributed by atoms with van der Waals surface area (Å²) in [6, 6.07) is 4.90. The van der Waals surface area contributed by atoms with Crippen LogP contribution in [0.25, 0.3) is 0 Å². The molecule has 1 saturated heterocycles. The Labute approximate surface area is 125 Å². The summed E-state index contributed by atoms with van der Waals surface area (Å²) < 4.78 is 14.1. The van der Waals surface area contributed by atoms with Crippen LogP contribution >= 0.6 is 12.4 Å². The molecule has 0 unspecified atom stereocenters. The Morgan fingerprint density at radius 2 is 2.00 bits per heavy atom. The van der Waals surface area contributed by atoms with Crippen molar-refractivity contribution in [3.8, 4) is 0 Å². The highest BCUT2D eigenvalue weighted by Crippen LogP contribution is 2.27. The van der Waals surface area contributed by atoms with E-state index in [1.165, 1.54) is 6.07 Å². The van der Waals surface area contributed by atoms with E-state index in [4.69, 9.17) is 0 Å². The van der Waals surface area contributed by atoms with E-state index >= 15 is 0 Å². The minimum Gasteiger partial charge on any atom is -0.350 e. The number of amides is 1. The summed E-state index contributed by atoms with van der Waals surface area (Å²) in [6.45, 7) is 5.63. The van der Waals surface area contributed by atoms with Crippen molar-refractivity contribution < 1.29 is 9.18 Å². The molecule has 0 aromatic heterocycles. The smallest absolute Gasteiger partial charge is 0.251 e. The van der Waals surface area contributed by atoms with Gasteiger partial charge >= 0.3 is 0 Å². The molecule has 112 valence electrons. The van der Waals surface area contributed by atoms with Crippen LogP contribution in [0.5, 0.6) is 0 Å². The van der Waals surface area contributed by atoms with Gasteiger partial charge in [-0.1, -0.05) is 6.07 Å². The lowest BCUT2D eigenvalue weighted by Gasteiger charge is -2.23. The zero-order chi connectivity index (χ0) is 13.8. The molecule has 2 rings (SSSR count). The van der Waals surface area contributed by atoms with Gasteiger partial charge in [-0.15, -0.1) is 12.4 Å². The van der Waals surface area contributed by atoms with Crippen LogP contribution in [0.1, 0.15) is 48.5 Å². The van der Waals surface area contributed by atoms with Crippen molar-refractivity contribution in [2.24, 2.45) is 0 Å². The van der Waals surface area contributed by atoms with Gasteiger partial charge in [-0.2, -0.15) is 0 Å². The van der Waals surface area contributed by atoms with E-state index < -0.39 is 0 Å². The molecule has 5 heteroatoms. The molecule has 1 aromatic carbocycles. The molecule has 1 aliphatic heterocycles. The summed E-state index contributed by atoms with van der Waals surface area (Å²) >= 11 is 0. The first kappa shape index (κ1) is 16.9. The Kier molecular flexibility index (Phi) is 6.43. The Balaban J connectivity index is 0.00000200. The summed E-state index contributed by atoms with van der Waals surface area (Å²) in [5.74, 6) is -0.211. The van der Waals surface area contributed by atoms with E-state index in [0.717, 1.165) is 31.5 Å². The summed E-state index contributed by atoms with van der Waals surface area (Å²) in [7, 11) is 0. The first-order chi connectivity index (χ1) is 9.08. The van der Waals surface area contributed by atoms with Gasteiger partial charge in [0, 0.05) is 11.6 Å². The lowest BCUT2D eigenvalue weighted by Crippen LogP contribution is -2.30. The third kappa shape index (κ3) is 4.18. The second-order valence-electron chi connectivity index (χ2n) is 5.39. The molecular weight excluding hydrogens is 279 g/mol. The molecule has 0 aliphatic carbocycles. The molecule has 20 heavy (non-hydrogen) atoms. The van der Waals surface area contributed by atoms with Crippen LogP contribution in [0.3, 0.4) is 0 Å². The van der Waals surface area contributed by atoms with Crippen LogP contribution in [0.15, 0.2) is 18.2 Å². The molecule has 1 amide bonds. The standard InChI is InChI=1S/C15H21FN2O.ClH/c1-10(2)18-15(19)12-3-4-13(14(16)9-12)11-5-7-17-8-6-11;/h3-4,9-11,17H,5-8H2,1-2H3,(H,18,19);1H. The molecule has 0 bridgehead atoms. The van der Waals surface area contributed by atoms with Gasteiger partial charge in [0.05, 0.1) is 0 Å². The maximum atomic E-state index is 14.1. The van der Waals surface area contributed by atoms with Crippen molar-refractivity contribution in [3.05, 3.63) is 35.1 Å². The van der Waals surface area contributed by atoms with Crippen LogP contribution in [-0.2, 0) is 0 Å². The average Bonchev–Trinajstić information content (AvgIpc) is 2.38. The summed E-state index contributed by atoms with van der Waals surface area (Å²) in [5.41, 5.74) is 1.13. The largest absolute Gasteiger partial charge is 0.350 e. The highest BCUT2D eigenvalue weighted by atomic mass is 35.5. The monoisotopic (exact) mass is 300 g/mol. The van der Waals surface area contributed by atoms with Gasteiger partial charge in [0.25, 0.3) is 5.91 Å². The fraction of sp³-hybridized carbons (Fsp3) is 0.533. The number of carbonyl (C=O) groups excluding carboxylic acids is 1. The molecule has 0 spiro atoms. The lowest BCUT2D eigenvalue weighted by atomic mass is 9.89. The molecule has 1 aliphatic rings. The lowest BCUT2D eigenvalue weighted by molar-refractivity contribution is 0.0942. The number of rotatable bonds is 3. The van der Waals surface area contributed by atoms with Gasteiger partial charge in [0.2, 0.25) is 0 Å². The maximum absolute atomic E-state index is 14.1. The highest BCUT2D eigenvalue weighted by molar-refractivity contribution is 5.94. The molecule has 3 nitrogen and oxygen atoms in total. The van der Waals surface area contributed by atoms with Gasteiger partial charge in [-0.05, 0) is 63.4 Å². The van der Waals surface area contributed by atoms with Crippen molar-refractivity contribution in [3.63, 3.8) is 0 Å². The van der Waals surface area contributed by atoms with Gasteiger partial charge in [0.15, 0.2) is 0 Å². The number of carbonyl (C=O) groups is 1. The maximum Gasteiger partial charge on any atom is 0.251 e. The number of piperidine rings is 1. The molecule has 1 heterocycles. The molecule has 0 radical (unpaired) electrons. The molecule has 2 N–H and O–H groups in total. The Hall–Kier alpha value is -1.13. The summed E-state index contributed by atoms with van der Waals surface area (Å²) in [4.78, 5) is 11.8. The second-order valence-corrected chi connectivity index (χ2v) is 5.39. The first-order valence-corrected chi connectivity index (χ1v) is 6.89. The van der Waals surface area contributed by atoms with Gasteiger partial charge in [-0.25, -0.2) is 4.39 Å². The topological polar surface area (TPSA) is 41.1 Å². The molecule has 0 atom stereocenters. The van der Waals surface area contributed by atoms with Crippen molar-refractivity contribution in [1.82, 2.24) is 10.6 Å². The van der Waals surface area contributed by atoms with Crippen LogP contribution in [0.2, 0.25) is 0 Å². The number of nitrogens with one attached hydrogen (secondary N) is 2. The number of halogens is 2. The Morgan fingerprint density at radius 1 is 1.35 bits per heavy atom. The van der Waals surface area contributed by atoms with E-state index in [0.29, 0.717) is 5.56 Å². The summed E-state index contributed by atoms with van der Waals surface area (Å²) in [5, 5.41) is 6.04. The molecular formula is C15H22ClFN2O. The normalized spacial score (nSPS) is 15.8. The van der Waals surface area contributed by atoms with E-state index in [1.807, 2.05) is 13.8 Å². The van der Waals surface area contributed by atoms with Crippen LogP contribution in [-0.4, -0.2) is 25.0 Å². The van der Waals surface area contributed by atoms with Crippen LogP contribution < -0.4 is 10.6 Å². The van der Waals surface area contributed by atoms with E-state index in [1.54, 1.807) is 12.1 Å². The highest BCUT2D eigenvalue weighted by Gasteiger charge is 2.19. The molecule has 0 saturated carbocycles. The first-order valence-electron chi connectivity index (χ1n) is 6.89. The minimum absolute atomic E-state index is 0. The van der Waals surface area contributed by atoms with Gasteiger partial charge in [0.1, 0.15) is 5.82 Å². The number of benzene rings is 1. The average molecular weight is 301 g/mol. The predicted octanol–water partition coefficient (Wildman–Crippen LogP) is 2.85. The fourth-order valence-corrected chi connectivity index (χ4v) is 2.48. The van der Waals surface area contributed by atoms with Crippen molar-refractivity contribution in [1.29, 1.82) is 0 Å².